The number of hydrogen-bond donors (Lipinski definition) is 3. The Morgan fingerprint density at radius 1 is 1.42 bits per heavy atom. The smallest absolute Gasteiger partial charge is 0.137 e. The van der Waals surface area contributed by atoms with Crippen molar-refractivity contribution in [3.05, 3.63) is 35.9 Å². The highest BCUT2D eigenvalue weighted by atomic mass is 15.2. The van der Waals surface area contributed by atoms with Gasteiger partial charge >= 0.3 is 0 Å². The van der Waals surface area contributed by atoms with Crippen molar-refractivity contribution in [2.75, 3.05) is 17.6 Å². The summed E-state index contributed by atoms with van der Waals surface area (Å²) in [5, 5.41) is 18.6. The third-order valence-corrected chi connectivity index (χ3v) is 2.80. The van der Waals surface area contributed by atoms with Crippen LogP contribution in [-0.4, -0.2) is 21.7 Å². The molecule has 0 radical (unpaired) electrons. The second-order valence-corrected chi connectivity index (χ2v) is 4.21. The SMILES string of the molecule is N#CCc1cc(NCCCc2ncn[nH]2)ccc1N. The first kappa shape index (κ1) is 12.9. The molecule has 1 heterocycles. The Kier molecular flexibility index (Phi) is 4.34. The van der Waals surface area contributed by atoms with Crippen LogP contribution in [-0.2, 0) is 12.8 Å². The van der Waals surface area contributed by atoms with E-state index in [1.807, 2.05) is 18.2 Å². The number of nitrogens with one attached hydrogen (secondary N) is 2. The third-order valence-electron chi connectivity index (χ3n) is 2.80. The van der Waals surface area contributed by atoms with E-state index in [0.29, 0.717) is 12.1 Å². The number of aromatic amines is 1. The summed E-state index contributed by atoms with van der Waals surface area (Å²) < 4.78 is 0. The zero-order chi connectivity index (χ0) is 13.5. The first-order valence-electron chi connectivity index (χ1n) is 6.13. The van der Waals surface area contributed by atoms with Gasteiger partial charge in [-0.15, -0.1) is 0 Å². The van der Waals surface area contributed by atoms with E-state index < -0.39 is 0 Å². The lowest BCUT2D eigenvalue weighted by Gasteiger charge is -2.08. The number of H-pyrrole nitrogens is 1. The van der Waals surface area contributed by atoms with E-state index >= 15 is 0 Å². The van der Waals surface area contributed by atoms with Gasteiger partial charge in [0.1, 0.15) is 12.2 Å². The molecule has 6 heteroatoms. The molecule has 98 valence electrons. The van der Waals surface area contributed by atoms with E-state index in [-0.39, 0.29) is 0 Å². The van der Waals surface area contributed by atoms with Crippen LogP contribution >= 0.6 is 0 Å². The molecule has 2 rings (SSSR count). The molecule has 2 aromatic rings. The number of nitriles is 1. The fourth-order valence-corrected chi connectivity index (χ4v) is 1.79. The number of nitrogens with zero attached hydrogens (tertiary/aromatic N) is 3. The lowest BCUT2D eigenvalue weighted by molar-refractivity contribution is 0.806. The maximum atomic E-state index is 8.71. The molecule has 19 heavy (non-hydrogen) atoms. The molecule has 1 aromatic carbocycles. The summed E-state index contributed by atoms with van der Waals surface area (Å²) in [5.74, 6) is 0.893. The van der Waals surface area contributed by atoms with Gasteiger partial charge in [-0.2, -0.15) is 10.4 Å². The van der Waals surface area contributed by atoms with Gasteiger partial charge < -0.3 is 11.1 Å². The van der Waals surface area contributed by atoms with Crippen LogP contribution in [0.25, 0.3) is 0 Å². The summed E-state index contributed by atoms with van der Waals surface area (Å²) in [6, 6.07) is 7.78. The van der Waals surface area contributed by atoms with Crippen molar-refractivity contribution in [1.82, 2.24) is 15.2 Å². The summed E-state index contributed by atoms with van der Waals surface area (Å²) in [6.45, 7) is 0.830. The molecule has 0 amide bonds. The van der Waals surface area contributed by atoms with Gasteiger partial charge in [-0.25, -0.2) is 4.98 Å². The molecular weight excluding hydrogens is 240 g/mol. The molecule has 0 bridgehead atoms. The molecule has 0 spiro atoms. The summed E-state index contributed by atoms with van der Waals surface area (Å²) in [5.41, 5.74) is 8.30. The maximum absolute atomic E-state index is 8.71. The van der Waals surface area contributed by atoms with Crippen molar-refractivity contribution < 1.29 is 0 Å². The predicted molar refractivity (Wildman–Crippen MR) is 73.4 cm³/mol. The molecule has 0 saturated heterocycles. The van der Waals surface area contributed by atoms with Gasteiger partial charge in [0.2, 0.25) is 0 Å². The number of benzene rings is 1. The van der Waals surface area contributed by atoms with Crippen molar-refractivity contribution in [2.24, 2.45) is 0 Å². The first-order valence-corrected chi connectivity index (χ1v) is 6.13. The molecule has 4 N–H and O–H groups in total. The van der Waals surface area contributed by atoms with E-state index in [0.717, 1.165) is 36.5 Å². The number of hydrogen-bond acceptors (Lipinski definition) is 5. The molecule has 0 fully saturated rings. The zero-order valence-corrected chi connectivity index (χ0v) is 10.6. The molecule has 6 nitrogen and oxygen atoms in total. The van der Waals surface area contributed by atoms with Gasteiger partial charge in [-0.1, -0.05) is 0 Å². The first-order chi connectivity index (χ1) is 9.29. The minimum absolute atomic E-state index is 0.333. The average Bonchev–Trinajstić information content (AvgIpc) is 2.92. The van der Waals surface area contributed by atoms with Crippen molar-refractivity contribution in [1.29, 1.82) is 5.26 Å². The lowest BCUT2D eigenvalue weighted by Crippen LogP contribution is -2.05. The van der Waals surface area contributed by atoms with E-state index in [4.69, 9.17) is 11.0 Å². The fourth-order valence-electron chi connectivity index (χ4n) is 1.79. The topological polar surface area (TPSA) is 103 Å². The van der Waals surface area contributed by atoms with Crippen LogP contribution in [0.3, 0.4) is 0 Å². The molecule has 0 atom stereocenters. The minimum Gasteiger partial charge on any atom is -0.398 e. The summed E-state index contributed by atoms with van der Waals surface area (Å²) >= 11 is 0. The molecule has 1 aromatic heterocycles. The van der Waals surface area contributed by atoms with Crippen molar-refractivity contribution >= 4 is 11.4 Å². The van der Waals surface area contributed by atoms with E-state index in [1.54, 1.807) is 0 Å². The van der Waals surface area contributed by atoms with E-state index in [1.165, 1.54) is 6.33 Å². The standard InChI is InChI=1S/C13H16N6/c14-6-5-10-8-11(3-4-12(10)15)16-7-1-2-13-17-9-18-19-13/h3-4,8-9,16H,1-2,5,7,15H2,(H,17,18,19). The van der Waals surface area contributed by atoms with Gasteiger partial charge in [-0.05, 0) is 30.2 Å². The number of aryl methyl sites for hydroxylation is 1. The highest BCUT2D eigenvalue weighted by Gasteiger charge is 2.01. The average molecular weight is 256 g/mol. The number of anilines is 2. The van der Waals surface area contributed by atoms with Crippen molar-refractivity contribution in [3.63, 3.8) is 0 Å². The molecule has 0 aliphatic heterocycles. The molecule has 0 saturated carbocycles. The zero-order valence-electron chi connectivity index (χ0n) is 10.6. The monoisotopic (exact) mass is 256 g/mol. The van der Waals surface area contributed by atoms with Crippen molar-refractivity contribution in [2.45, 2.75) is 19.3 Å². The Morgan fingerprint density at radius 2 is 2.32 bits per heavy atom. The number of aromatic nitrogens is 3. The van der Waals surface area contributed by atoms with Gasteiger partial charge in [0.25, 0.3) is 0 Å². The summed E-state index contributed by atoms with van der Waals surface area (Å²) in [7, 11) is 0. The fraction of sp³-hybridized carbons (Fsp3) is 0.308. The Labute approximate surface area is 111 Å². The number of nitrogen functional groups attached to an aromatic ring is 1. The predicted octanol–water partition coefficient (Wildman–Crippen LogP) is 1.50. The minimum atomic E-state index is 0.333. The molecule has 0 aliphatic rings. The van der Waals surface area contributed by atoms with Crippen LogP contribution in [0.2, 0.25) is 0 Å². The van der Waals surface area contributed by atoms with Crippen LogP contribution in [0.4, 0.5) is 11.4 Å². The Balaban J connectivity index is 1.82. The normalized spacial score (nSPS) is 10.1. The highest BCUT2D eigenvalue weighted by Crippen LogP contribution is 2.18. The van der Waals surface area contributed by atoms with Crippen LogP contribution in [0.5, 0.6) is 0 Å². The highest BCUT2D eigenvalue weighted by molar-refractivity contribution is 5.57. The van der Waals surface area contributed by atoms with Crippen LogP contribution in [0, 0.1) is 11.3 Å². The van der Waals surface area contributed by atoms with Crippen LogP contribution < -0.4 is 11.1 Å². The second kappa shape index (κ2) is 6.40. The second-order valence-electron chi connectivity index (χ2n) is 4.21. The molecule has 0 unspecified atom stereocenters. The van der Waals surface area contributed by atoms with Gasteiger partial charge in [0, 0.05) is 24.3 Å². The van der Waals surface area contributed by atoms with Crippen LogP contribution in [0.1, 0.15) is 17.8 Å². The third kappa shape index (κ3) is 3.71. The Hall–Kier alpha value is -2.55. The Morgan fingerprint density at radius 3 is 3.05 bits per heavy atom. The largest absolute Gasteiger partial charge is 0.398 e. The summed E-state index contributed by atoms with van der Waals surface area (Å²) in [4.78, 5) is 4.06. The Bertz CT molecular complexity index is 555. The molecule has 0 aliphatic carbocycles. The lowest BCUT2D eigenvalue weighted by atomic mass is 10.1. The summed E-state index contributed by atoms with van der Waals surface area (Å²) in [6.07, 6.45) is 3.65. The quantitative estimate of drug-likeness (QED) is 0.536. The van der Waals surface area contributed by atoms with Gasteiger partial charge in [-0.3, -0.25) is 5.10 Å². The van der Waals surface area contributed by atoms with E-state index in [2.05, 4.69) is 26.6 Å². The van der Waals surface area contributed by atoms with Gasteiger partial charge in [0.15, 0.2) is 0 Å². The van der Waals surface area contributed by atoms with Crippen molar-refractivity contribution in [3.8, 4) is 6.07 Å². The number of rotatable bonds is 6. The van der Waals surface area contributed by atoms with Gasteiger partial charge in [0.05, 0.1) is 12.5 Å². The maximum Gasteiger partial charge on any atom is 0.137 e. The molecular formula is C13H16N6. The number of nitrogens with two attached hydrogens (primary N) is 1. The van der Waals surface area contributed by atoms with Crippen LogP contribution in [0.15, 0.2) is 24.5 Å². The van der Waals surface area contributed by atoms with E-state index in [9.17, 15) is 0 Å².